The minimum atomic E-state index is -1.16. The van der Waals surface area contributed by atoms with E-state index in [4.69, 9.17) is 15.2 Å². The molecule has 388 valence electrons. The first kappa shape index (κ1) is 45.0. The number of nitrogens with zero attached hydrogens (tertiary/aromatic N) is 2. The number of hydrogen-bond acceptors (Lipinski definition) is 8. The molecule has 8 heteroatoms. The molecule has 4 saturated carbocycles. The van der Waals surface area contributed by atoms with E-state index in [2.05, 4.69) is 65.0 Å². The third-order valence-electron chi connectivity index (χ3n) is 25.8. The van der Waals surface area contributed by atoms with Crippen molar-refractivity contribution in [3.8, 4) is 11.8 Å². The van der Waals surface area contributed by atoms with E-state index in [-0.39, 0.29) is 47.4 Å². The molecule has 17 aliphatic rings. The topological polar surface area (TPSA) is 105 Å². The quantitative estimate of drug-likeness (QED) is 0.175. The lowest BCUT2D eigenvalue weighted by Crippen LogP contribution is -2.78. The number of aliphatic hydroxyl groups is 1. The Morgan fingerprint density at radius 2 is 1.80 bits per heavy atom. The Bertz CT molecular complexity index is 2930. The Labute approximate surface area is 439 Å². The highest BCUT2D eigenvalue weighted by atomic mass is 16.6. The average Bonchev–Trinajstić information content (AvgIpc) is 4.20. The number of rotatable bonds is 4. The van der Waals surface area contributed by atoms with Crippen LogP contribution in [-0.2, 0) is 26.3 Å². The molecule has 0 radical (unpaired) electrons. The van der Waals surface area contributed by atoms with E-state index in [1.165, 1.54) is 94.6 Å². The summed E-state index contributed by atoms with van der Waals surface area (Å²) in [6.07, 6.45) is 31.4. The van der Waals surface area contributed by atoms with Gasteiger partial charge in [-0.1, -0.05) is 97.6 Å². The molecular weight excluding hydrogens is 915 g/mol. The van der Waals surface area contributed by atoms with Crippen LogP contribution in [0.2, 0.25) is 0 Å². The zero-order valence-corrected chi connectivity index (χ0v) is 44.1. The minimum absolute atomic E-state index is 0.0860. The number of hydrogen-bond donors (Lipinski definition) is 2. The second-order valence-electron chi connectivity index (χ2n) is 28.2. The van der Waals surface area contributed by atoms with E-state index >= 15 is 9.59 Å². The van der Waals surface area contributed by atoms with Crippen molar-refractivity contribution < 1.29 is 24.2 Å². The van der Waals surface area contributed by atoms with Crippen LogP contribution in [0.25, 0.3) is 0 Å². The van der Waals surface area contributed by atoms with Gasteiger partial charge in [0.15, 0.2) is 11.4 Å². The molecule has 0 aromatic heterocycles. The van der Waals surface area contributed by atoms with E-state index in [1.54, 1.807) is 16.8 Å². The van der Waals surface area contributed by atoms with Gasteiger partial charge < -0.3 is 25.2 Å². The van der Waals surface area contributed by atoms with Gasteiger partial charge in [-0.25, -0.2) is 4.79 Å². The van der Waals surface area contributed by atoms with Crippen molar-refractivity contribution in [1.29, 1.82) is 0 Å². The molecule has 8 heterocycles. The molecule has 0 amide bonds. The van der Waals surface area contributed by atoms with Crippen molar-refractivity contribution in [2.75, 3.05) is 26.2 Å². The molecule has 19 atom stereocenters. The van der Waals surface area contributed by atoms with E-state index in [1.807, 2.05) is 0 Å². The molecule has 1 aromatic carbocycles. The lowest BCUT2D eigenvalue weighted by Gasteiger charge is -2.73. The van der Waals surface area contributed by atoms with Crippen molar-refractivity contribution in [3.63, 3.8) is 0 Å². The number of fused-ring (bicyclic) bond motifs is 5. The lowest BCUT2D eigenvalue weighted by atomic mass is 9.27. The first-order valence-corrected chi connectivity index (χ1v) is 30.7. The molecule has 3 N–H and O–H groups in total. The third-order valence-corrected chi connectivity index (χ3v) is 25.8. The van der Waals surface area contributed by atoms with Gasteiger partial charge in [-0.3, -0.25) is 9.69 Å². The Morgan fingerprint density at radius 3 is 2.69 bits per heavy atom. The van der Waals surface area contributed by atoms with Crippen LogP contribution in [0.4, 0.5) is 0 Å². The van der Waals surface area contributed by atoms with E-state index in [9.17, 15) is 5.11 Å². The van der Waals surface area contributed by atoms with Crippen molar-refractivity contribution in [2.45, 2.75) is 166 Å². The summed E-state index contributed by atoms with van der Waals surface area (Å²) in [7, 11) is 0. The number of benzene rings is 1. The van der Waals surface area contributed by atoms with Gasteiger partial charge in [-0.15, -0.1) is 0 Å². The normalized spacial score (nSPS) is 48.3. The van der Waals surface area contributed by atoms with Gasteiger partial charge in [0, 0.05) is 85.4 Å². The predicted molar refractivity (Wildman–Crippen MR) is 282 cm³/mol. The molecule has 8 nitrogen and oxygen atoms in total. The fourth-order valence-corrected chi connectivity index (χ4v) is 23.4. The summed E-state index contributed by atoms with van der Waals surface area (Å²) in [5.74, 6) is 13.1. The Morgan fingerprint density at radius 1 is 0.892 bits per heavy atom. The molecule has 19 unspecified atom stereocenters. The molecule has 74 heavy (non-hydrogen) atoms. The van der Waals surface area contributed by atoms with E-state index in [0.717, 1.165) is 69.3 Å². The van der Waals surface area contributed by atoms with Gasteiger partial charge in [0.25, 0.3) is 0 Å². The van der Waals surface area contributed by atoms with Crippen molar-refractivity contribution in [3.05, 3.63) is 92.6 Å². The fourth-order valence-electron chi connectivity index (χ4n) is 23.4. The standard InChI is InChI=1S/C66H79N3O5/c1-36-25-42-19-20-52-50-35-68-33-45-34-69(52)59(42)57-48-21-23-64-60(54(70)30-53(68)44-26-43-31-63(32-44)22-7-14-46(63)27-39(43)12-5-15-47(45)50)73-62(72)65(64)55(66(64)51-16-6-11-38(13-8-24-67)56(51)61(71)74-66)29-40(37-9-3-2-4-10-37)17-18-41(58(48)65)28-49(36)57/h6,11,16-18,27,36-37,40-41,43-47,49-50,52-53,55,57,70H,2-4,7-10,12-14,19-26,28-35,67H2,1H3. The van der Waals surface area contributed by atoms with Gasteiger partial charge >= 0.3 is 11.9 Å². The maximum absolute atomic E-state index is 16.6. The van der Waals surface area contributed by atoms with Gasteiger partial charge in [0.05, 0.1) is 11.0 Å². The maximum Gasteiger partial charge on any atom is 0.339 e. The van der Waals surface area contributed by atoms with Crippen LogP contribution in [0.3, 0.4) is 0 Å². The van der Waals surface area contributed by atoms with Crippen LogP contribution in [0, 0.1) is 105 Å². The summed E-state index contributed by atoms with van der Waals surface area (Å²) in [4.78, 5) is 37.9. The number of nitrogens with two attached hydrogens (primary N) is 1. The number of carbonyl (C=O) groups is 2. The average molecular weight is 994 g/mol. The molecule has 1 aromatic rings. The SMILES string of the molecule is CC1CC2=C3C4C5=C6C(C=CC(C7CCCCC7)CC7C68C(=O)OC(=C(O)CC6C9CC%10CC%11(CCCC%11C=C%10CC#CC%10C%11CN6CC%10C(CC2)N3C%11)C9)C8(CC5)C72OC(=O)c3c(CCCN)cccc32)CC14. The van der Waals surface area contributed by atoms with Crippen LogP contribution >= 0.6 is 0 Å². The molecule has 7 fully saturated rings. The number of allylic oxidation sites excluding steroid dienone is 6. The largest absolute Gasteiger partial charge is 0.509 e. The second-order valence-corrected chi connectivity index (χ2v) is 28.2. The first-order chi connectivity index (χ1) is 36.2. The smallest absolute Gasteiger partial charge is 0.339 e. The van der Waals surface area contributed by atoms with E-state index in [0.29, 0.717) is 102 Å². The Hall–Kier alpha value is -4.06. The number of esters is 2. The van der Waals surface area contributed by atoms with Crippen LogP contribution in [-0.4, -0.2) is 65.1 Å². The summed E-state index contributed by atoms with van der Waals surface area (Å²) in [6.45, 7) is 6.18. The zero-order valence-electron chi connectivity index (χ0n) is 44.1. The molecule has 18 rings (SSSR count). The number of aryl methyl sites for hydroxylation is 1. The zero-order chi connectivity index (χ0) is 49.2. The van der Waals surface area contributed by atoms with Gasteiger partial charge in [-0.2, -0.15) is 0 Å². The molecule has 4 spiro atoms. The van der Waals surface area contributed by atoms with Gasteiger partial charge in [0.1, 0.15) is 11.2 Å². The van der Waals surface area contributed by atoms with Gasteiger partial charge in [-0.05, 0) is 173 Å². The van der Waals surface area contributed by atoms with Gasteiger partial charge in [0.2, 0.25) is 0 Å². The Kier molecular flexibility index (Phi) is 9.47. The summed E-state index contributed by atoms with van der Waals surface area (Å²) < 4.78 is 14.8. The lowest BCUT2D eigenvalue weighted by molar-refractivity contribution is -0.282. The van der Waals surface area contributed by atoms with Crippen LogP contribution in [0.5, 0.6) is 0 Å². The Balaban J connectivity index is 0.945. The van der Waals surface area contributed by atoms with E-state index < -0.39 is 16.4 Å². The molecule has 3 saturated heterocycles. The third kappa shape index (κ3) is 5.38. The van der Waals surface area contributed by atoms with Crippen LogP contribution < -0.4 is 5.73 Å². The van der Waals surface area contributed by atoms with Crippen LogP contribution in [0.15, 0.2) is 75.9 Å². The molecule has 9 aliphatic carbocycles. The highest BCUT2D eigenvalue weighted by Gasteiger charge is 2.94. The number of piperidine rings is 2. The number of aliphatic hydroxyl groups excluding tert-OH is 1. The number of carbonyl (C=O) groups excluding carboxylic acids is 2. The monoisotopic (exact) mass is 994 g/mol. The summed E-state index contributed by atoms with van der Waals surface area (Å²) >= 11 is 0. The summed E-state index contributed by atoms with van der Waals surface area (Å²) in [5, 5.41) is 14.0. The van der Waals surface area contributed by atoms with Crippen molar-refractivity contribution >= 4 is 11.9 Å². The first-order valence-electron chi connectivity index (χ1n) is 30.7. The van der Waals surface area contributed by atoms with Crippen molar-refractivity contribution in [1.82, 2.24) is 9.80 Å². The highest BCUT2D eigenvalue weighted by Crippen LogP contribution is 2.88. The summed E-state index contributed by atoms with van der Waals surface area (Å²) in [5.41, 5.74) is 13.7. The minimum Gasteiger partial charge on any atom is -0.509 e. The maximum atomic E-state index is 16.6. The number of ether oxygens (including phenoxy) is 2. The molecular formula is C66H79N3O5. The highest BCUT2D eigenvalue weighted by molar-refractivity contribution is 6.00. The molecule has 11 bridgehead atoms. The van der Waals surface area contributed by atoms with Crippen LogP contribution in [0.1, 0.15) is 163 Å². The van der Waals surface area contributed by atoms with Crippen molar-refractivity contribution in [2.24, 2.45) is 98.9 Å². The second kappa shape index (κ2) is 15.6. The fraction of sp³-hybridized carbons (Fsp3) is 0.697. The summed E-state index contributed by atoms with van der Waals surface area (Å²) in [6, 6.07) is 7.00. The predicted octanol–water partition coefficient (Wildman–Crippen LogP) is 11.6. The molecule has 8 aliphatic heterocycles.